The van der Waals surface area contributed by atoms with Crippen molar-refractivity contribution in [1.29, 1.82) is 0 Å². The lowest BCUT2D eigenvalue weighted by Crippen LogP contribution is -2.16. The maximum atomic E-state index is 12.9. The van der Waals surface area contributed by atoms with Crippen LogP contribution in [0.2, 0.25) is 0 Å². The molecule has 0 aliphatic heterocycles. The van der Waals surface area contributed by atoms with Crippen LogP contribution in [-0.2, 0) is 0 Å². The highest BCUT2D eigenvalue weighted by Crippen LogP contribution is 2.18. The van der Waals surface area contributed by atoms with Crippen molar-refractivity contribution in [1.82, 2.24) is 0 Å². The Hall–Kier alpha value is -1.58. The molecule has 1 atom stereocenters. The molecule has 0 bridgehead atoms. The van der Waals surface area contributed by atoms with Crippen molar-refractivity contribution in [2.75, 3.05) is 5.32 Å². The molecule has 0 aliphatic rings. The van der Waals surface area contributed by atoms with E-state index in [2.05, 4.69) is 5.32 Å². The molecule has 15 heavy (non-hydrogen) atoms. The first-order valence-electron chi connectivity index (χ1n) is 4.84. The molecule has 0 saturated carbocycles. The minimum absolute atomic E-state index is 0.0942. The second-order valence-electron chi connectivity index (χ2n) is 3.45. The third-order valence-corrected chi connectivity index (χ3v) is 2.23. The molecule has 0 fully saturated rings. The van der Waals surface area contributed by atoms with Gasteiger partial charge in [0.05, 0.1) is 11.3 Å². The van der Waals surface area contributed by atoms with Crippen molar-refractivity contribution in [2.24, 2.45) is 0 Å². The first-order valence-corrected chi connectivity index (χ1v) is 4.84. The third-order valence-electron chi connectivity index (χ3n) is 2.23. The molecular weight excluding hydrogens is 197 g/mol. The highest BCUT2D eigenvalue weighted by atomic mass is 19.1. The van der Waals surface area contributed by atoms with Gasteiger partial charge in [0.1, 0.15) is 5.82 Å². The fourth-order valence-corrected chi connectivity index (χ4v) is 1.19. The van der Waals surface area contributed by atoms with Crippen LogP contribution in [0.25, 0.3) is 0 Å². The van der Waals surface area contributed by atoms with E-state index < -0.39 is 11.8 Å². The normalized spacial score (nSPS) is 12.2. The molecule has 0 saturated heterocycles. The molecule has 1 unspecified atom stereocenters. The summed E-state index contributed by atoms with van der Waals surface area (Å²) in [6.07, 6.45) is 0.843. The molecule has 1 rings (SSSR count). The lowest BCUT2D eigenvalue weighted by atomic mass is 10.1. The fourth-order valence-electron chi connectivity index (χ4n) is 1.19. The van der Waals surface area contributed by atoms with Gasteiger partial charge in [0.25, 0.3) is 0 Å². The molecule has 0 amide bonds. The summed E-state index contributed by atoms with van der Waals surface area (Å²) in [6, 6.07) is 3.73. The SMILES string of the molecule is CCC(C)Nc1cc(F)ccc1C(=O)O. The number of carbonyl (C=O) groups is 1. The van der Waals surface area contributed by atoms with Gasteiger partial charge in [-0.05, 0) is 31.5 Å². The molecule has 1 aromatic rings. The second-order valence-corrected chi connectivity index (χ2v) is 3.45. The Kier molecular flexibility index (Phi) is 3.66. The Morgan fingerprint density at radius 1 is 1.60 bits per heavy atom. The van der Waals surface area contributed by atoms with Crippen molar-refractivity contribution in [3.05, 3.63) is 29.6 Å². The summed E-state index contributed by atoms with van der Waals surface area (Å²) < 4.78 is 12.9. The van der Waals surface area contributed by atoms with E-state index in [4.69, 9.17) is 5.11 Å². The molecule has 0 heterocycles. The van der Waals surface area contributed by atoms with Crippen molar-refractivity contribution >= 4 is 11.7 Å². The quantitative estimate of drug-likeness (QED) is 0.805. The fraction of sp³-hybridized carbons (Fsp3) is 0.364. The van der Waals surface area contributed by atoms with E-state index >= 15 is 0 Å². The molecule has 0 spiro atoms. The van der Waals surface area contributed by atoms with Crippen LogP contribution in [0.1, 0.15) is 30.6 Å². The van der Waals surface area contributed by atoms with Crippen LogP contribution in [0.15, 0.2) is 18.2 Å². The van der Waals surface area contributed by atoms with Crippen LogP contribution in [0.3, 0.4) is 0 Å². The maximum Gasteiger partial charge on any atom is 0.337 e. The van der Waals surface area contributed by atoms with Gasteiger partial charge in [0, 0.05) is 6.04 Å². The van der Waals surface area contributed by atoms with Crippen LogP contribution in [0, 0.1) is 5.82 Å². The first-order chi connectivity index (χ1) is 7.04. The van der Waals surface area contributed by atoms with E-state index in [0.717, 1.165) is 12.5 Å². The van der Waals surface area contributed by atoms with Crippen molar-refractivity contribution in [3.8, 4) is 0 Å². The highest BCUT2D eigenvalue weighted by molar-refractivity contribution is 5.94. The van der Waals surface area contributed by atoms with Gasteiger partial charge in [-0.2, -0.15) is 0 Å². The number of halogens is 1. The number of aromatic carboxylic acids is 1. The number of hydrogen-bond donors (Lipinski definition) is 2. The van der Waals surface area contributed by atoms with Crippen LogP contribution in [-0.4, -0.2) is 17.1 Å². The molecule has 0 aliphatic carbocycles. The average Bonchev–Trinajstić information content (AvgIpc) is 2.17. The smallest absolute Gasteiger partial charge is 0.337 e. The van der Waals surface area contributed by atoms with Gasteiger partial charge in [0.2, 0.25) is 0 Å². The summed E-state index contributed by atoms with van der Waals surface area (Å²) in [7, 11) is 0. The van der Waals surface area contributed by atoms with Gasteiger partial charge < -0.3 is 10.4 Å². The summed E-state index contributed by atoms with van der Waals surface area (Å²) in [4.78, 5) is 10.8. The minimum atomic E-state index is -1.05. The number of hydrogen-bond acceptors (Lipinski definition) is 2. The van der Waals surface area contributed by atoms with Gasteiger partial charge >= 0.3 is 5.97 Å². The van der Waals surface area contributed by atoms with Crippen molar-refractivity contribution in [3.63, 3.8) is 0 Å². The summed E-state index contributed by atoms with van der Waals surface area (Å²) in [6.45, 7) is 3.88. The largest absolute Gasteiger partial charge is 0.478 e. The van der Waals surface area contributed by atoms with Gasteiger partial charge in [0.15, 0.2) is 0 Å². The van der Waals surface area contributed by atoms with Crippen LogP contribution in [0.4, 0.5) is 10.1 Å². The Labute approximate surface area is 87.9 Å². The summed E-state index contributed by atoms with van der Waals surface area (Å²) in [5.41, 5.74) is 0.425. The van der Waals surface area contributed by atoms with E-state index in [0.29, 0.717) is 5.69 Å². The summed E-state index contributed by atoms with van der Waals surface area (Å²) in [5.74, 6) is -1.49. The molecule has 4 heteroatoms. The van der Waals surface area contributed by atoms with Gasteiger partial charge in [-0.1, -0.05) is 6.92 Å². The Bertz CT molecular complexity index is 366. The molecular formula is C11H14FNO2. The highest BCUT2D eigenvalue weighted by Gasteiger charge is 2.11. The minimum Gasteiger partial charge on any atom is -0.478 e. The maximum absolute atomic E-state index is 12.9. The molecule has 0 aromatic heterocycles. The summed E-state index contributed by atoms with van der Waals surface area (Å²) in [5, 5.41) is 11.8. The van der Waals surface area contributed by atoms with Crippen molar-refractivity contribution in [2.45, 2.75) is 26.3 Å². The zero-order valence-electron chi connectivity index (χ0n) is 8.75. The van der Waals surface area contributed by atoms with E-state index in [1.807, 2.05) is 13.8 Å². The first kappa shape index (κ1) is 11.5. The monoisotopic (exact) mass is 211 g/mol. The lowest BCUT2D eigenvalue weighted by Gasteiger charge is -2.14. The number of anilines is 1. The van der Waals surface area contributed by atoms with Crippen LogP contribution < -0.4 is 5.32 Å². The predicted octanol–water partition coefficient (Wildman–Crippen LogP) is 2.73. The summed E-state index contributed by atoms with van der Waals surface area (Å²) >= 11 is 0. The van der Waals surface area contributed by atoms with Gasteiger partial charge in [-0.15, -0.1) is 0 Å². The van der Waals surface area contributed by atoms with E-state index in [1.165, 1.54) is 12.1 Å². The number of nitrogens with one attached hydrogen (secondary N) is 1. The molecule has 1 aromatic carbocycles. The second kappa shape index (κ2) is 4.77. The topological polar surface area (TPSA) is 49.3 Å². The molecule has 0 radical (unpaired) electrons. The van der Waals surface area contributed by atoms with Gasteiger partial charge in [-0.3, -0.25) is 0 Å². The average molecular weight is 211 g/mol. The van der Waals surface area contributed by atoms with E-state index in [-0.39, 0.29) is 11.6 Å². The number of benzene rings is 1. The lowest BCUT2D eigenvalue weighted by molar-refractivity contribution is 0.0698. The zero-order valence-corrected chi connectivity index (χ0v) is 8.75. The predicted molar refractivity (Wildman–Crippen MR) is 56.7 cm³/mol. The number of rotatable bonds is 4. The zero-order chi connectivity index (χ0) is 11.4. The molecule has 82 valence electrons. The Balaban J connectivity index is 3.02. The molecule has 3 nitrogen and oxygen atoms in total. The van der Waals surface area contributed by atoms with Crippen LogP contribution in [0.5, 0.6) is 0 Å². The van der Waals surface area contributed by atoms with Crippen molar-refractivity contribution < 1.29 is 14.3 Å². The third kappa shape index (κ3) is 2.94. The Morgan fingerprint density at radius 2 is 2.27 bits per heavy atom. The molecule has 2 N–H and O–H groups in total. The number of carboxylic acid groups (broad SMARTS) is 1. The number of carboxylic acids is 1. The van der Waals surface area contributed by atoms with Gasteiger partial charge in [-0.25, -0.2) is 9.18 Å². The van der Waals surface area contributed by atoms with E-state index in [9.17, 15) is 9.18 Å². The standard InChI is InChI=1S/C11H14FNO2/c1-3-7(2)13-10-6-8(12)4-5-9(10)11(14)15/h4-7,13H,3H2,1-2H3,(H,14,15). The Morgan fingerprint density at radius 3 is 2.80 bits per heavy atom. The van der Waals surface area contributed by atoms with Crippen LogP contribution >= 0.6 is 0 Å². The van der Waals surface area contributed by atoms with E-state index in [1.54, 1.807) is 0 Å².